The molecule has 0 aromatic heterocycles. The van der Waals surface area contributed by atoms with Gasteiger partial charge in [-0.05, 0) is 43.5 Å². The summed E-state index contributed by atoms with van der Waals surface area (Å²) in [7, 11) is 2.98. The average molecular weight is 514 g/mol. The summed E-state index contributed by atoms with van der Waals surface area (Å²) in [6.07, 6.45) is -1.30. The molecule has 1 fully saturated rings. The Kier molecular flexibility index (Phi) is 10.4. The lowest BCUT2D eigenvalue weighted by molar-refractivity contribution is -0.138. The third-order valence-electron chi connectivity index (χ3n) is 4.76. The molecule has 1 heterocycles. The normalized spacial score (nSPS) is 16.4. The summed E-state index contributed by atoms with van der Waals surface area (Å²) in [6, 6.07) is 4.27. The van der Waals surface area contributed by atoms with E-state index in [9.17, 15) is 13.2 Å². The Hall–Kier alpha value is -1.23. The number of hydrogen-bond acceptors (Lipinski definition) is 3. The van der Waals surface area contributed by atoms with Crippen molar-refractivity contribution < 1.29 is 17.9 Å². The molecule has 0 saturated carbocycles. The number of nitrogens with one attached hydrogen (secondary N) is 2. The minimum absolute atomic E-state index is 0. The Morgan fingerprint density at radius 1 is 1.29 bits per heavy atom. The number of piperidine rings is 1. The number of benzene rings is 1. The lowest BCUT2D eigenvalue weighted by Gasteiger charge is -2.32. The molecule has 0 radical (unpaired) electrons. The van der Waals surface area contributed by atoms with Gasteiger partial charge in [-0.3, -0.25) is 4.99 Å². The van der Waals surface area contributed by atoms with E-state index < -0.39 is 11.7 Å². The molecular weight excluding hydrogens is 484 g/mol. The van der Waals surface area contributed by atoms with Crippen molar-refractivity contribution in [3.8, 4) is 5.75 Å². The van der Waals surface area contributed by atoms with Gasteiger partial charge in [-0.2, -0.15) is 13.2 Å². The van der Waals surface area contributed by atoms with E-state index in [-0.39, 0.29) is 47.9 Å². The highest BCUT2D eigenvalue weighted by Gasteiger charge is 2.33. The van der Waals surface area contributed by atoms with Gasteiger partial charge in [0.15, 0.2) is 5.96 Å². The molecule has 0 unspecified atom stereocenters. The zero-order chi connectivity index (χ0) is 19.9. The number of methoxy groups -OCH3 is 1. The molecule has 9 heteroatoms. The van der Waals surface area contributed by atoms with Crippen molar-refractivity contribution in [1.82, 2.24) is 15.5 Å². The molecule has 2 N–H and O–H groups in total. The maximum atomic E-state index is 13.3. The number of rotatable bonds is 6. The molecule has 1 aromatic carbocycles. The number of hydrogen-bond donors (Lipinski definition) is 2. The predicted molar refractivity (Wildman–Crippen MR) is 116 cm³/mol. The van der Waals surface area contributed by atoms with Gasteiger partial charge in [0.25, 0.3) is 0 Å². The van der Waals surface area contributed by atoms with Crippen molar-refractivity contribution in [3.63, 3.8) is 0 Å². The van der Waals surface area contributed by atoms with E-state index in [1.54, 1.807) is 7.05 Å². The summed E-state index contributed by atoms with van der Waals surface area (Å²) in [5.74, 6) is 0.709. The molecule has 1 aliphatic rings. The molecule has 1 aliphatic heterocycles. The third kappa shape index (κ3) is 7.31. The fourth-order valence-corrected chi connectivity index (χ4v) is 3.28. The maximum Gasteiger partial charge on any atom is 0.416 e. The van der Waals surface area contributed by atoms with Crippen LogP contribution in [0.15, 0.2) is 23.2 Å². The smallest absolute Gasteiger partial charge is 0.416 e. The van der Waals surface area contributed by atoms with E-state index >= 15 is 0 Å². The van der Waals surface area contributed by atoms with Crippen LogP contribution in [0.2, 0.25) is 0 Å². The molecule has 5 nitrogen and oxygen atoms in total. The van der Waals surface area contributed by atoms with Gasteiger partial charge in [-0.25, -0.2) is 0 Å². The summed E-state index contributed by atoms with van der Waals surface area (Å²) in [4.78, 5) is 6.58. The minimum Gasteiger partial charge on any atom is -0.497 e. The van der Waals surface area contributed by atoms with E-state index in [0.717, 1.165) is 45.0 Å². The Bertz CT molecular complexity index is 632. The summed E-state index contributed by atoms with van der Waals surface area (Å²) >= 11 is 0. The zero-order valence-electron chi connectivity index (χ0n) is 16.6. The summed E-state index contributed by atoms with van der Waals surface area (Å²) in [5, 5.41) is 6.33. The second kappa shape index (κ2) is 11.7. The Labute approximate surface area is 182 Å². The van der Waals surface area contributed by atoms with Crippen molar-refractivity contribution in [3.05, 3.63) is 29.3 Å². The van der Waals surface area contributed by atoms with Crippen LogP contribution < -0.4 is 15.4 Å². The van der Waals surface area contributed by atoms with Crippen molar-refractivity contribution in [1.29, 1.82) is 0 Å². The number of halogens is 4. The van der Waals surface area contributed by atoms with Crippen molar-refractivity contribution in [2.24, 2.45) is 4.99 Å². The second-order valence-corrected chi connectivity index (χ2v) is 6.71. The Morgan fingerprint density at radius 2 is 1.96 bits per heavy atom. The van der Waals surface area contributed by atoms with E-state index in [4.69, 9.17) is 4.74 Å². The highest BCUT2D eigenvalue weighted by molar-refractivity contribution is 14.0. The lowest BCUT2D eigenvalue weighted by atomic mass is 10.0. The first-order chi connectivity index (χ1) is 12.9. The molecule has 0 atom stereocenters. The highest BCUT2D eigenvalue weighted by atomic mass is 127. The number of nitrogens with zero attached hydrogens (tertiary/aromatic N) is 2. The van der Waals surface area contributed by atoms with Crippen LogP contribution in [0.5, 0.6) is 5.75 Å². The monoisotopic (exact) mass is 514 g/mol. The fourth-order valence-electron chi connectivity index (χ4n) is 3.28. The van der Waals surface area contributed by atoms with Crippen molar-refractivity contribution >= 4 is 29.9 Å². The van der Waals surface area contributed by atoms with E-state index in [1.165, 1.54) is 19.2 Å². The first-order valence-corrected chi connectivity index (χ1v) is 9.31. The van der Waals surface area contributed by atoms with E-state index in [1.807, 2.05) is 0 Å². The number of alkyl halides is 3. The zero-order valence-corrected chi connectivity index (χ0v) is 18.9. The molecule has 0 aliphatic carbocycles. The minimum atomic E-state index is -4.44. The third-order valence-corrected chi connectivity index (χ3v) is 4.76. The van der Waals surface area contributed by atoms with Crippen molar-refractivity contribution in [2.45, 2.75) is 44.9 Å². The number of aliphatic imine (C=N–C) groups is 1. The molecule has 160 valence electrons. The van der Waals surface area contributed by atoms with Gasteiger partial charge in [-0.15, -0.1) is 24.0 Å². The van der Waals surface area contributed by atoms with Crippen LogP contribution in [-0.2, 0) is 12.7 Å². The topological polar surface area (TPSA) is 48.9 Å². The lowest BCUT2D eigenvalue weighted by Crippen LogP contribution is -2.48. The maximum absolute atomic E-state index is 13.3. The van der Waals surface area contributed by atoms with Gasteiger partial charge in [-0.1, -0.05) is 13.0 Å². The molecular formula is C19H30F3IN4O. The van der Waals surface area contributed by atoms with Gasteiger partial charge in [0.2, 0.25) is 0 Å². The molecule has 0 amide bonds. The van der Waals surface area contributed by atoms with Crippen molar-refractivity contribution in [2.75, 3.05) is 33.8 Å². The van der Waals surface area contributed by atoms with Crippen LogP contribution in [-0.4, -0.2) is 50.7 Å². The summed E-state index contributed by atoms with van der Waals surface area (Å²) < 4.78 is 44.8. The van der Waals surface area contributed by atoms with Crippen LogP contribution >= 0.6 is 24.0 Å². The predicted octanol–water partition coefficient (Wildman–Crippen LogP) is 3.87. The highest BCUT2D eigenvalue weighted by Crippen LogP contribution is 2.34. The Morgan fingerprint density at radius 3 is 2.50 bits per heavy atom. The van der Waals surface area contributed by atoms with Crippen LogP contribution in [0.1, 0.15) is 37.3 Å². The number of guanidine groups is 1. The van der Waals surface area contributed by atoms with Gasteiger partial charge in [0, 0.05) is 32.7 Å². The van der Waals surface area contributed by atoms with E-state index in [0.29, 0.717) is 5.96 Å². The van der Waals surface area contributed by atoms with Gasteiger partial charge in [0.1, 0.15) is 5.75 Å². The Balaban J connectivity index is 0.00000392. The van der Waals surface area contributed by atoms with Crippen LogP contribution in [0.3, 0.4) is 0 Å². The number of ether oxygens (including phenoxy) is 1. The number of likely N-dealkylation sites (tertiary alicyclic amines) is 1. The van der Waals surface area contributed by atoms with Crippen LogP contribution in [0.4, 0.5) is 13.2 Å². The fraction of sp³-hybridized carbons (Fsp3) is 0.632. The molecule has 1 aromatic rings. The van der Waals surface area contributed by atoms with Gasteiger partial charge in [0.05, 0.1) is 12.7 Å². The molecule has 1 saturated heterocycles. The van der Waals surface area contributed by atoms with Gasteiger partial charge >= 0.3 is 6.18 Å². The molecule has 0 bridgehead atoms. The summed E-state index contributed by atoms with van der Waals surface area (Å²) in [6.45, 7) is 5.37. The van der Waals surface area contributed by atoms with Crippen LogP contribution in [0.25, 0.3) is 0 Å². The summed E-state index contributed by atoms with van der Waals surface area (Å²) in [5.41, 5.74) is -0.540. The average Bonchev–Trinajstić information content (AvgIpc) is 2.65. The first-order valence-electron chi connectivity index (χ1n) is 9.31. The molecule has 28 heavy (non-hydrogen) atoms. The SMILES string of the molecule is CCCN1CCC(NC(=NC)NCc2ccc(OC)cc2C(F)(F)F)CC1.I. The molecule has 0 spiro atoms. The largest absolute Gasteiger partial charge is 0.497 e. The van der Waals surface area contributed by atoms with Gasteiger partial charge < -0.3 is 20.3 Å². The second-order valence-electron chi connectivity index (χ2n) is 6.71. The van der Waals surface area contributed by atoms with E-state index in [2.05, 4.69) is 27.4 Å². The standard InChI is InChI=1S/C19H29F3N4O.HI/c1-4-9-26-10-7-15(8-11-26)25-18(23-2)24-13-14-5-6-16(27-3)12-17(14)19(20,21)22;/h5-6,12,15H,4,7-11,13H2,1-3H3,(H2,23,24,25);1H. The first kappa shape index (κ1) is 24.8. The molecule has 2 rings (SSSR count). The quantitative estimate of drug-likeness (QED) is 0.344. The van der Waals surface area contributed by atoms with Crippen LogP contribution in [0, 0.1) is 0 Å².